The molecule has 2 unspecified atom stereocenters. The Morgan fingerprint density at radius 1 is 1.27 bits per heavy atom. The molecule has 1 aliphatic rings. The maximum absolute atomic E-state index is 9.52. The lowest BCUT2D eigenvalue weighted by Gasteiger charge is -2.09. The molecule has 1 fully saturated rings. The smallest absolute Gasteiger partial charge is 0.160 e. The third kappa shape index (κ3) is 7.25. The van der Waals surface area contributed by atoms with Crippen LogP contribution in [-0.2, 0) is 19.0 Å². The first-order valence-electron chi connectivity index (χ1n) is 5.04. The van der Waals surface area contributed by atoms with Crippen molar-refractivity contribution in [3.05, 3.63) is 12.7 Å². The molecule has 0 amide bonds. The summed E-state index contributed by atoms with van der Waals surface area (Å²) < 4.78 is 15.1. The van der Waals surface area contributed by atoms with Gasteiger partial charge in [0.2, 0.25) is 0 Å². The molecule has 0 N–H and O–H groups in total. The van der Waals surface area contributed by atoms with Gasteiger partial charge in [-0.2, -0.15) is 0 Å². The molecule has 0 aliphatic carbocycles. The van der Waals surface area contributed by atoms with Crippen LogP contribution in [0.2, 0.25) is 0 Å². The van der Waals surface area contributed by atoms with Crippen LogP contribution in [0.25, 0.3) is 0 Å². The highest BCUT2D eigenvalue weighted by Gasteiger charge is 2.23. The van der Waals surface area contributed by atoms with E-state index < -0.39 is 0 Å². The fourth-order valence-corrected chi connectivity index (χ4v) is 1.11. The second-order valence-electron chi connectivity index (χ2n) is 3.08. The van der Waals surface area contributed by atoms with Gasteiger partial charge in [0.05, 0.1) is 0 Å². The fraction of sp³-hybridized carbons (Fsp3) is 0.727. The zero-order valence-electron chi connectivity index (χ0n) is 9.48. The minimum absolute atomic E-state index is 0.0463. The molecule has 1 heterocycles. The van der Waals surface area contributed by atoms with E-state index in [0.717, 1.165) is 25.5 Å². The highest BCUT2D eigenvalue weighted by atomic mass is 16.8. The van der Waals surface area contributed by atoms with Gasteiger partial charge in [-0.25, -0.2) is 0 Å². The van der Waals surface area contributed by atoms with Gasteiger partial charge >= 0.3 is 0 Å². The summed E-state index contributed by atoms with van der Waals surface area (Å²) >= 11 is 0. The molecule has 2 atom stereocenters. The maximum atomic E-state index is 9.52. The summed E-state index contributed by atoms with van der Waals surface area (Å²) in [5.74, 6) is 0. The molecule has 1 saturated heterocycles. The Balaban J connectivity index is 0.000000288. The van der Waals surface area contributed by atoms with Gasteiger partial charge in [0.1, 0.15) is 6.29 Å². The van der Waals surface area contributed by atoms with E-state index in [9.17, 15) is 4.79 Å². The van der Waals surface area contributed by atoms with Crippen LogP contribution < -0.4 is 0 Å². The Morgan fingerprint density at radius 2 is 1.80 bits per heavy atom. The molecule has 4 nitrogen and oxygen atoms in total. The van der Waals surface area contributed by atoms with Crippen LogP contribution in [0.3, 0.4) is 0 Å². The first-order valence-corrected chi connectivity index (χ1v) is 5.04. The molecule has 0 bridgehead atoms. The SMILES string of the molecule is C=CCCC=O.COC1CCC(OC)O1. The van der Waals surface area contributed by atoms with Gasteiger partial charge < -0.3 is 19.0 Å². The van der Waals surface area contributed by atoms with E-state index >= 15 is 0 Å². The molecule has 1 aliphatic heterocycles. The van der Waals surface area contributed by atoms with Crippen molar-refractivity contribution in [1.29, 1.82) is 0 Å². The molecule has 0 aromatic rings. The summed E-state index contributed by atoms with van der Waals surface area (Å²) in [7, 11) is 3.28. The molecule has 0 spiro atoms. The lowest BCUT2D eigenvalue weighted by Crippen LogP contribution is -2.13. The van der Waals surface area contributed by atoms with Gasteiger partial charge in [-0.15, -0.1) is 6.58 Å². The normalized spacial score (nSPS) is 24.1. The predicted molar refractivity (Wildman–Crippen MR) is 57.4 cm³/mol. The van der Waals surface area contributed by atoms with E-state index in [2.05, 4.69) is 6.58 Å². The van der Waals surface area contributed by atoms with Crippen molar-refractivity contribution in [2.24, 2.45) is 0 Å². The van der Waals surface area contributed by atoms with Gasteiger partial charge in [0, 0.05) is 33.5 Å². The van der Waals surface area contributed by atoms with Crippen LogP contribution in [0, 0.1) is 0 Å². The molecule has 1 rings (SSSR count). The average molecular weight is 216 g/mol. The second kappa shape index (κ2) is 9.83. The Morgan fingerprint density at radius 3 is 2.00 bits per heavy atom. The highest BCUT2D eigenvalue weighted by Crippen LogP contribution is 2.19. The molecule has 88 valence electrons. The van der Waals surface area contributed by atoms with Crippen molar-refractivity contribution in [3.8, 4) is 0 Å². The summed E-state index contributed by atoms with van der Waals surface area (Å²) in [4.78, 5) is 9.52. The lowest BCUT2D eigenvalue weighted by molar-refractivity contribution is -0.185. The first kappa shape index (κ1) is 14.3. The summed E-state index contributed by atoms with van der Waals surface area (Å²) in [6, 6.07) is 0. The van der Waals surface area contributed by atoms with Crippen molar-refractivity contribution in [1.82, 2.24) is 0 Å². The van der Waals surface area contributed by atoms with Crippen LogP contribution in [0.15, 0.2) is 12.7 Å². The molecule has 0 aromatic heterocycles. The summed E-state index contributed by atoms with van der Waals surface area (Å²) in [5, 5.41) is 0. The quantitative estimate of drug-likeness (QED) is 0.400. The van der Waals surface area contributed by atoms with Gasteiger partial charge in [-0.3, -0.25) is 0 Å². The van der Waals surface area contributed by atoms with Crippen LogP contribution >= 0.6 is 0 Å². The number of ether oxygens (including phenoxy) is 3. The van der Waals surface area contributed by atoms with E-state index in [-0.39, 0.29) is 12.6 Å². The molecular weight excluding hydrogens is 196 g/mol. The number of allylic oxidation sites excluding steroid dienone is 1. The Hall–Kier alpha value is -0.710. The highest BCUT2D eigenvalue weighted by molar-refractivity contribution is 5.49. The zero-order valence-corrected chi connectivity index (χ0v) is 9.48. The van der Waals surface area contributed by atoms with Crippen molar-refractivity contribution >= 4 is 6.29 Å². The van der Waals surface area contributed by atoms with Crippen LogP contribution in [0.1, 0.15) is 25.7 Å². The number of methoxy groups -OCH3 is 2. The van der Waals surface area contributed by atoms with E-state index in [1.54, 1.807) is 20.3 Å². The van der Waals surface area contributed by atoms with Crippen molar-refractivity contribution < 1.29 is 19.0 Å². The Kier molecular flexibility index (Phi) is 9.36. The van der Waals surface area contributed by atoms with Crippen molar-refractivity contribution in [2.45, 2.75) is 38.3 Å². The third-order valence-corrected chi connectivity index (χ3v) is 1.96. The minimum atomic E-state index is -0.0463. The standard InChI is InChI=1S/C6H12O3.C5H8O/c1-7-5-3-4-6(8-2)9-5;1-2-3-4-5-6/h5-6H,3-4H2,1-2H3;2,5H,1,3-4H2. The number of carbonyl (C=O) groups is 1. The largest absolute Gasteiger partial charge is 0.356 e. The van der Waals surface area contributed by atoms with Crippen LogP contribution in [-0.4, -0.2) is 33.1 Å². The van der Waals surface area contributed by atoms with Crippen molar-refractivity contribution in [2.75, 3.05) is 14.2 Å². The number of hydrogen-bond acceptors (Lipinski definition) is 4. The molecule has 0 radical (unpaired) electrons. The van der Waals surface area contributed by atoms with E-state index in [1.807, 2.05) is 0 Å². The molecule has 15 heavy (non-hydrogen) atoms. The van der Waals surface area contributed by atoms with E-state index in [0.29, 0.717) is 6.42 Å². The minimum Gasteiger partial charge on any atom is -0.356 e. The number of hydrogen-bond donors (Lipinski definition) is 0. The predicted octanol–water partition coefficient (Wildman–Crippen LogP) is 1.89. The molecular formula is C11H20O4. The number of aldehydes is 1. The van der Waals surface area contributed by atoms with E-state index in [1.165, 1.54) is 0 Å². The Labute approximate surface area is 91.2 Å². The Bertz CT molecular complexity index is 152. The monoisotopic (exact) mass is 216 g/mol. The van der Waals surface area contributed by atoms with Gasteiger partial charge in [0.25, 0.3) is 0 Å². The van der Waals surface area contributed by atoms with Crippen molar-refractivity contribution in [3.63, 3.8) is 0 Å². The van der Waals surface area contributed by atoms with Gasteiger partial charge in [-0.1, -0.05) is 6.08 Å². The number of carbonyl (C=O) groups excluding carboxylic acids is 1. The first-order chi connectivity index (χ1) is 7.28. The number of unbranched alkanes of at least 4 members (excludes halogenated alkanes) is 1. The topological polar surface area (TPSA) is 44.8 Å². The molecule has 4 heteroatoms. The van der Waals surface area contributed by atoms with Crippen LogP contribution in [0.4, 0.5) is 0 Å². The lowest BCUT2D eigenvalue weighted by atomic mass is 10.3. The zero-order chi connectivity index (χ0) is 11.5. The summed E-state index contributed by atoms with van der Waals surface area (Å²) in [6.07, 6.45) is 5.83. The number of rotatable bonds is 5. The van der Waals surface area contributed by atoms with E-state index in [4.69, 9.17) is 14.2 Å². The second-order valence-corrected chi connectivity index (χ2v) is 3.08. The summed E-state index contributed by atoms with van der Waals surface area (Å²) in [6.45, 7) is 3.44. The summed E-state index contributed by atoms with van der Waals surface area (Å²) in [5.41, 5.74) is 0. The van der Waals surface area contributed by atoms with Gasteiger partial charge in [-0.05, 0) is 6.42 Å². The van der Waals surface area contributed by atoms with Crippen LogP contribution in [0.5, 0.6) is 0 Å². The molecule has 0 saturated carbocycles. The third-order valence-electron chi connectivity index (χ3n) is 1.96. The van der Waals surface area contributed by atoms with Gasteiger partial charge in [0.15, 0.2) is 12.6 Å². The fourth-order valence-electron chi connectivity index (χ4n) is 1.11. The molecule has 0 aromatic carbocycles. The maximum Gasteiger partial charge on any atom is 0.160 e. The average Bonchev–Trinajstić information content (AvgIpc) is 2.75.